The van der Waals surface area contributed by atoms with Crippen molar-refractivity contribution in [3.63, 3.8) is 0 Å². The minimum Gasteiger partial charge on any atom is -0.472 e. The van der Waals surface area contributed by atoms with Crippen LogP contribution < -0.4 is 0 Å². The van der Waals surface area contributed by atoms with Crippen LogP contribution in [0.2, 0.25) is 0 Å². The first-order chi connectivity index (χ1) is 11.8. The van der Waals surface area contributed by atoms with E-state index >= 15 is 0 Å². The standard InChI is InChI=1S/C21H15NO2/c23-21(10-9-17-13-22-20-4-2-1-3-19(17)20)16-7-5-15(6-8-16)18-11-12-24-14-18/h1-14,22H/b10-9+. The van der Waals surface area contributed by atoms with Gasteiger partial charge in [0.05, 0.1) is 12.5 Å². The minimum atomic E-state index is -0.0148. The van der Waals surface area contributed by atoms with Gasteiger partial charge in [-0.25, -0.2) is 0 Å². The number of carbonyl (C=O) groups is 1. The molecule has 0 radical (unpaired) electrons. The lowest BCUT2D eigenvalue weighted by atomic mass is 10.0. The van der Waals surface area contributed by atoms with Gasteiger partial charge in [-0.15, -0.1) is 0 Å². The van der Waals surface area contributed by atoms with Crippen LogP contribution in [0.15, 0.2) is 83.8 Å². The summed E-state index contributed by atoms with van der Waals surface area (Å²) >= 11 is 0. The lowest BCUT2D eigenvalue weighted by molar-refractivity contribution is 0.104. The Hall–Kier alpha value is -3.33. The minimum absolute atomic E-state index is 0.0148. The average molecular weight is 313 g/mol. The summed E-state index contributed by atoms with van der Waals surface area (Å²) in [6, 6.07) is 17.5. The Labute approximate surface area is 139 Å². The molecule has 0 bridgehead atoms. The zero-order valence-corrected chi connectivity index (χ0v) is 12.9. The highest BCUT2D eigenvalue weighted by Gasteiger charge is 2.05. The van der Waals surface area contributed by atoms with Crippen molar-refractivity contribution in [2.24, 2.45) is 0 Å². The zero-order chi connectivity index (χ0) is 16.4. The van der Waals surface area contributed by atoms with Gasteiger partial charge in [-0.2, -0.15) is 0 Å². The molecule has 0 aliphatic carbocycles. The van der Waals surface area contributed by atoms with E-state index in [0.29, 0.717) is 5.56 Å². The molecular weight excluding hydrogens is 298 g/mol. The number of allylic oxidation sites excluding steroid dienone is 1. The van der Waals surface area contributed by atoms with E-state index in [0.717, 1.165) is 27.6 Å². The van der Waals surface area contributed by atoms with Crippen molar-refractivity contribution in [1.82, 2.24) is 4.98 Å². The molecule has 0 aliphatic rings. The molecule has 0 spiro atoms. The molecule has 116 valence electrons. The Bertz CT molecular complexity index is 1010. The summed E-state index contributed by atoms with van der Waals surface area (Å²) < 4.78 is 5.08. The molecule has 0 amide bonds. The van der Waals surface area contributed by atoms with Gasteiger partial charge in [0.1, 0.15) is 0 Å². The molecule has 3 nitrogen and oxygen atoms in total. The van der Waals surface area contributed by atoms with Crippen molar-refractivity contribution in [1.29, 1.82) is 0 Å². The monoisotopic (exact) mass is 313 g/mol. The van der Waals surface area contributed by atoms with Crippen LogP contribution in [0.1, 0.15) is 15.9 Å². The van der Waals surface area contributed by atoms with Crippen molar-refractivity contribution in [3.8, 4) is 11.1 Å². The molecule has 4 rings (SSSR count). The predicted octanol–water partition coefficient (Wildman–Crippen LogP) is 5.32. The maximum Gasteiger partial charge on any atom is 0.185 e. The molecule has 0 fully saturated rings. The number of hydrogen-bond donors (Lipinski definition) is 1. The Morgan fingerprint density at radius 1 is 0.958 bits per heavy atom. The van der Waals surface area contributed by atoms with Crippen LogP contribution in [0.5, 0.6) is 0 Å². The molecule has 4 aromatic rings. The number of furan rings is 1. The first-order valence-electron chi connectivity index (χ1n) is 7.72. The number of carbonyl (C=O) groups excluding carboxylic acids is 1. The van der Waals surface area contributed by atoms with Crippen molar-refractivity contribution in [3.05, 3.63) is 90.5 Å². The molecule has 3 heteroatoms. The third kappa shape index (κ3) is 2.68. The number of nitrogens with one attached hydrogen (secondary N) is 1. The molecule has 2 aromatic carbocycles. The highest BCUT2D eigenvalue weighted by molar-refractivity contribution is 6.08. The fourth-order valence-electron chi connectivity index (χ4n) is 2.75. The van der Waals surface area contributed by atoms with Gasteiger partial charge >= 0.3 is 0 Å². The molecule has 0 unspecified atom stereocenters. The summed E-state index contributed by atoms with van der Waals surface area (Å²) in [7, 11) is 0. The number of fused-ring (bicyclic) bond motifs is 1. The predicted molar refractivity (Wildman–Crippen MR) is 95.8 cm³/mol. The highest BCUT2D eigenvalue weighted by Crippen LogP contribution is 2.21. The van der Waals surface area contributed by atoms with Gasteiger partial charge in [-0.1, -0.05) is 42.5 Å². The second-order valence-corrected chi connectivity index (χ2v) is 5.58. The maximum atomic E-state index is 12.4. The third-order valence-electron chi connectivity index (χ3n) is 4.06. The number of benzene rings is 2. The molecule has 0 atom stereocenters. The van der Waals surface area contributed by atoms with Crippen LogP contribution in [-0.2, 0) is 0 Å². The summed E-state index contributed by atoms with van der Waals surface area (Å²) in [5.74, 6) is -0.0148. The van der Waals surface area contributed by atoms with E-state index in [4.69, 9.17) is 4.42 Å². The number of ketones is 1. The van der Waals surface area contributed by atoms with Crippen LogP contribution in [0, 0.1) is 0 Å². The second kappa shape index (κ2) is 6.05. The van der Waals surface area contributed by atoms with Crippen LogP contribution in [0.3, 0.4) is 0 Å². The van der Waals surface area contributed by atoms with Crippen LogP contribution in [0.25, 0.3) is 28.1 Å². The van der Waals surface area contributed by atoms with Crippen molar-refractivity contribution in [2.45, 2.75) is 0 Å². The number of H-pyrrole nitrogens is 1. The lowest BCUT2D eigenvalue weighted by Crippen LogP contribution is -1.93. The number of hydrogen-bond acceptors (Lipinski definition) is 2. The Morgan fingerprint density at radius 2 is 1.79 bits per heavy atom. The molecule has 0 saturated carbocycles. The van der Waals surface area contributed by atoms with Crippen LogP contribution >= 0.6 is 0 Å². The zero-order valence-electron chi connectivity index (χ0n) is 12.9. The van der Waals surface area contributed by atoms with Gasteiger partial charge in [0, 0.05) is 28.2 Å². The van der Waals surface area contributed by atoms with E-state index in [1.165, 1.54) is 0 Å². The number of rotatable bonds is 4. The normalized spacial score (nSPS) is 11.3. The van der Waals surface area contributed by atoms with Gasteiger partial charge in [0.15, 0.2) is 5.78 Å². The van der Waals surface area contributed by atoms with E-state index in [-0.39, 0.29) is 5.78 Å². The molecule has 2 aromatic heterocycles. The highest BCUT2D eigenvalue weighted by atomic mass is 16.3. The maximum absolute atomic E-state index is 12.4. The Morgan fingerprint density at radius 3 is 2.58 bits per heavy atom. The molecule has 0 saturated heterocycles. The third-order valence-corrected chi connectivity index (χ3v) is 4.06. The van der Waals surface area contributed by atoms with Gasteiger partial charge in [-0.05, 0) is 35.4 Å². The fraction of sp³-hybridized carbons (Fsp3) is 0. The summed E-state index contributed by atoms with van der Waals surface area (Å²) in [5.41, 5.74) is 4.77. The fourth-order valence-corrected chi connectivity index (χ4v) is 2.75. The van der Waals surface area contributed by atoms with Gasteiger partial charge in [0.2, 0.25) is 0 Å². The smallest absolute Gasteiger partial charge is 0.185 e. The lowest BCUT2D eigenvalue weighted by Gasteiger charge is -1.99. The summed E-state index contributed by atoms with van der Waals surface area (Å²) in [5, 5.41) is 1.11. The van der Waals surface area contributed by atoms with E-state index in [1.54, 1.807) is 18.6 Å². The average Bonchev–Trinajstić information content (AvgIpc) is 3.30. The van der Waals surface area contributed by atoms with Crippen molar-refractivity contribution < 1.29 is 9.21 Å². The number of para-hydroxylation sites is 1. The molecule has 0 aliphatic heterocycles. The summed E-state index contributed by atoms with van der Waals surface area (Å²) in [6.45, 7) is 0. The summed E-state index contributed by atoms with van der Waals surface area (Å²) in [6.07, 6.45) is 8.70. The topological polar surface area (TPSA) is 46.0 Å². The number of aromatic amines is 1. The Balaban J connectivity index is 1.55. The summed E-state index contributed by atoms with van der Waals surface area (Å²) in [4.78, 5) is 15.6. The largest absolute Gasteiger partial charge is 0.472 e. The van der Waals surface area contributed by atoms with Crippen molar-refractivity contribution in [2.75, 3.05) is 0 Å². The number of aromatic nitrogens is 1. The van der Waals surface area contributed by atoms with E-state index in [1.807, 2.05) is 66.9 Å². The van der Waals surface area contributed by atoms with E-state index in [9.17, 15) is 4.79 Å². The molecule has 1 N–H and O–H groups in total. The SMILES string of the molecule is O=C(/C=C/c1c[nH]c2ccccc12)c1ccc(-c2ccoc2)cc1. The quantitative estimate of drug-likeness (QED) is 0.409. The van der Waals surface area contributed by atoms with Crippen molar-refractivity contribution >= 4 is 22.8 Å². The van der Waals surface area contributed by atoms with E-state index < -0.39 is 0 Å². The van der Waals surface area contributed by atoms with E-state index in [2.05, 4.69) is 4.98 Å². The first kappa shape index (κ1) is 14.3. The van der Waals surface area contributed by atoms with Crippen LogP contribution in [0.4, 0.5) is 0 Å². The molecule has 24 heavy (non-hydrogen) atoms. The van der Waals surface area contributed by atoms with Gasteiger partial charge in [-0.3, -0.25) is 4.79 Å². The Kier molecular flexibility index (Phi) is 3.60. The van der Waals surface area contributed by atoms with Gasteiger partial charge in [0.25, 0.3) is 0 Å². The first-order valence-corrected chi connectivity index (χ1v) is 7.72. The molecular formula is C21H15NO2. The molecule has 2 heterocycles. The van der Waals surface area contributed by atoms with Crippen LogP contribution in [-0.4, -0.2) is 10.8 Å². The van der Waals surface area contributed by atoms with Gasteiger partial charge < -0.3 is 9.40 Å². The second-order valence-electron chi connectivity index (χ2n) is 5.58.